The van der Waals surface area contributed by atoms with Gasteiger partial charge in [0.05, 0.1) is 5.60 Å². The molecule has 1 aliphatic carbocycles. The van der Waals surface area contributed by atoms with Crippen LogP contribution in [-0.2, 0) is 4.74 Å². The second-order valence-electron chi connectivity index (χ2n) is 6.00. The van der Waals surface area contributed by atoms with Gasteiger partial charge < -0.3 is 10.1 Å². The molecule has 18 heavy (non-hydrogen) atoms. The zero-order valence-electron chi connectivity index (χ0n) is 12.9. The van der Waals surface area contributed by atoms with Crippen molar-refractivity contribution in [3.8, 4) is 0 Å². The molecule has 1 saturated carbocycles. The second kappa shape index (κ2) is 8.16. The predicted molar refractivity (Wildman–Crippen MR) is 79.0 cm³/mol. The molecule has 2 atom stereocenters. The van der Waals surface area contributed by atoms with Crippen LogP contribution < -0.4 is 5.32 Å². The molecular formula is C16H33NO. The fourth-order valence-electron chi connectivity index (χ4n) is 3.41. The third-order valence-electron chi connectivity index (χ3n) is 4.75. The van der Waals surface area contributed by atoms with Gasteiger partial charge in [0.2, 0.25) is 0 Å². The molecule has 1 fully saturated rings. The van der Waals surface area contributed by atoms with Crippen LogP contribution in [0.15, 0.2) is 0 Å². The Hall–Kier alpha value is -0.0800. The lowest BCUT2D eigenvalue weighted by molar-refractivity contribution is -0.0664. The van der Waals surface area contributed by atoms with Crippen molar-refractivity contribution in [2.45, 2.75) is 83.8 Å². The van der Waals surface area contributed by atoms with Crippen molar-refractivity contribution in [3.63, 3.8) is 0 Å². The number of methoxy groups -OCH3 is 1. The van der Waals surface area contributed by atoms with Crippen LogP contribution >= 0.6 is 0 Å². The first-order valence-electron chi connectivity index (χ1n) is 7.98. The van der Waals surface area contributed by atoms with E-state index in [4.69, 9.17) is 4.74 Å². The van der Waals surface area contributed by atoms with Crippen LogP contribution in [0, 0.1) is 5.92 Å². The predicted octanol–water partition coefficient (Wildman–Crippen LogP) is 4.14. The van der Waals surface area contributed by atoms with Gasteiger partial charge in [-0.3, -0.25) is 0 Å². The Morgan fingerprint density at radius 2 is 1.72 bits per heavy atom. The van der Waals surface area contributed by atoms with Crippen molar-refractivity contribution in [1.29, 1.82) is 0 Å². The van der Waals surface area contributed by atoms with E-state index in [0.717, 1.165) is 6.54 Å². The Labute approximate surface area is 114 Å². The van der Waals surface area contributed by atoms with Crippen LogP contribution in [0.3, 0.4) is 0 Å². The van der Waals surface area contributed by atoms with Crippen LogP contribution in [0.1, 0.15) is 72.1 Å². The van der Waals surface area contributed by atoms with Crippen molar-refractivity contribution in [2.24, 2.45) is 5.92 Å². The van der Waals surface area contributed by atoms with Crippen molar-refractivity contribution in [1.82, 2.24) is 5.32 Å². The quantitative estimate of drug-likeness (QED) is 0.690. The highest BCUT2D eigenvalue weighted by atomic mass is 16.5. The van der Waals surface area contributed by atoms with E-state index in [0.29, 0.717) is 12.0 Å². The molecule has 0 bridgehead atoms. The first-order valence-corrected chi connectivity index (χ1v) is 7.98. The number of ether oxygens (including phenoxy) is 1. The van der Waals surface area contributed by atoms with E-state index >= 15 is 0 Å². The topological polar surface area (TPSA) is 21.3 Å². The Balaban J connectivity index is 2.81. The summed E-state index contributed by atoms with van der Waals surface area (Å²) in [6, 6.07) is 0.519. The molecule has 0 aliphatic heterocycles. The third kappa shape index (κ3) is 3.96. The van der Waals surface area contributed by atoms with Gasteiger partial charge in [-0.05, 0) is 31.7 Å². The van der Waals surface area contributed by atoms with Gasteiger partial charge in [-0.15, -0.1) is 0 Å². The molecule has 0 heterocycles. The summed E-state index contributed by atoms with van der Waals surface area (Å²) in [6.07, 6.45) is 10.3. The molecule has 1 aliphatic rings. The summed E-state index contributed by atoms with van der Waals surface area (Å²) in [5.74, 6) is 0.689. The summed E-state index contributed by atoms with van der Waals surface area (Å²) in [6.45, 7) is 8.03. The molecule has 0 saturated heterocycles. The van der Waals surface area contributed by atoms with Crippen molar-refractivity contribution < 1.29 is 4.74 Å². The highest BCUT2D eigenvalue weighted by Crippen LogP contribution is 2.36. The lowest BCUT2D eigenvalue weighted by Gasteiger charge is -2.43. The molecule has 0 aromatic rings. The molecule has 0 amide bonds. The molecule has 2 unspecified atom stereocenters. The Bertz CT molecular complexity index is 209. The summed E-state index contributed by atoms with van der Waals surface area (Å²) in [5.41, 5.74) is 0.0844. The standard InChI is InChI=1S/C16H33NO/c1-5-13-17-15(14(3)6-2)16(18-4)11-9-7-8-10-12-16/h14-15,17H,5-13H2,1-4H3. The van der Waals surface area contributed by atoms with Crippen molar-refractivity contribution in [2.75, 3.05) is 13.7 Å². The normalized spacial score (nSPS) is 23.3. The summed E-state index contributed by atoms with van der Waals surface area (Å²) in [5, 5.41) is 3.78. The molecular weight excluding hydrogens is 222 g/mol. The Kier molecular flexibility index (Phi) is 7.25. The average molecular weight is 255 g/mol. The third-order valence-corrected chi connectivity index (χ3v) is 4.75. The number of rotatable bonds is 7. The largest absolute Gasteiger partial charge is 0.377 e. The molecule has 108 valence electrons. The molecule has 2 heteroatoms. The van der Waals surface area contributed by atoms with Gasteiger partial charge in [0, 0.05) is 13.2 Å². The SMILES string of the molecule is CCCNC(C(C)CC)C1(OC)CCCCCC1. The molecule has 1 rings (SSSR count). The van der Waals surface area contributed by atoms with Gasteiger partial charge in [0.15, 0.2) is 0 Å². The van der Waals surface area contributed by atoms with E-state index < -0.39 is 0 Å². The Morgan fingerprint density at radius 1 is 1.11 bits per heavy atom. The van der Waals surface area contributed by atoms with Crippen LogP contribution in [0.4, 0.5) is 0 Å². The molecule has 0 spiro atoms. The van der Waals surface area contributed by atoms with Gasteiger partial charge >= 0.3 is 0 Å². The maximum atomic E-state index is 6.08. The van der Waals surface area contributed by atoms with E-state index in [1.165, 1.54) is 51.4 Å². The first-order chi connectivity index (χ1) is 8.70. The molecule has 0 radical (unpaired) electrons. The van der Waals surface area contributed by atoms with Crippen molar-refractivity contribution in [3.05, 3.63) is 0 Å². The van der Waals surface area contributed by atoms with Crippen LogP contribution in [0.5, 0.6) is 0 Å². The van der Waals surface area contributed by atoms with Crippen LogP contribution in [0.2, 0.25) is 0 Å². The monoisotopic (exact) mass is 255 g/mol. The van der Waals surface area contributed by atoms with Crippen LogP contribution in [-0.4, -0.2) is 25.3 Å². The maximum Gasteiger partial charge on any atom is 0.0833 e. The molecule has 1 N–H and O–H groups in total. The van der Waals surface area contributed by atoms with Gasteiger partial charge in [-0.2, -0.15) is 0 Å². The summed E-state index contributed by atoms with van der Waals surface area (Å²) in [4.78, 5) is 0. The number of nitrogens with one attached hydrogen (secondary N) is 1. The van der Waals surface area contributed by atoms with Crippen LogP contribution in [0.25, 0.3) is 0 Å². The highest BCUT2D eigenvalue weighted by Gasteiger charge is 2.40. The van der Waals surface area contributed by atoms with Gasteiger partial charge in [-0.1, -0.05) is 52.9 Å². The highest BCUT2D eigenvalue weighted by molar-refractivity contribution is 4.96. The summed E-state index contributed by atoms with van der Waals surface area (Å²) < 4.78 is 6.08. The lowest BCUT2D eigenvalue weighted by atomic mass is 9.78. The van der Waals surface area contributed by atoms with E-state index in [1.807, 2.05) is 7.11 Å². The number of hydrogen-bond acceptors (Lipinski definition) is 2. The average Bonchev–Trinajstić information content (AvgIpc) is 2.65. The van der Waals surface area contributed by atoms with E-state index in [1.54, 1.807) is 0 Å². The summed E-state index contributed by atoms with van der Waals surface area (Å²) in [7, 11) is 1.92. The second-order valence-corrected chi connectivity index (χ2v) is 6.00. The van der Waals surface area contributed by atoms with E-state index in [2.05, 4.69) is 26.1 Å². The smallest absolute Gasteiger partial charge is 0.0833 e. The summed E-state index contributed by atoms with van der Waals surface area (Å²) >= 11 is 0. The fourth-order valence-corrected chi connectivity index (χ4v) is 3.41. The lowest BCUT2D eigenvalue weighted by Crippen LogP contribution is -2.55. The zero-order valence-corrected chi connectivity index (χ0v) is 12.9. The van der Waals surface area contributed by atoms with Gasteiger partial charge in [0.25, 0.3) is 0 Å². The minimum Gasteiger partial charge on any atom is -0.377 e. The van der Waals surface area contributed by atoms with Gasteiger partial charge in [0.1, 0.15) is 0 Å². The van der Waals surface area contributed by atoms with Gasteiger partial charge in [-0.25, -0.2) is 0 Å². The number of hydrogen-bond donors (Lipinski definition) is 1. The van der Waals surface area contributed by atoms with E-state index in [9.17, 15) is 0 Å². The van der Waals surface area contributed by atoms with E-state index in [-0.39, 0.29) is 5.60 Å². The molecule has 0 aromatic carbocycles. The minimum absolute atomic E-state index is 0.0844. The van der Waals surface area contributed by atoms with Crippen molar-refractivity contribution >= 4 is 0 Å². The first kappa shape index (κ1) is 16.0. The fraction of sp³-hybridized carbons (Fsp3) is 1.00. The Morgan fingerprint density at radius 3 is 2.17 bits per heavy atom. The minimum atomic E-state index is 0.0844. The molecule has 2 nitrogen and oxygen atoms in total. The maximum absolute atomic E-state index is 6.08. The zero-order chi connectivity index (χ0) is 13.4. The molecule has 0 aromatic heterocycles.